The first-order valence-electron chi connectivity index (χ1n) is 9.35. The van der Waals surface area contributed by atoms with Crippen molar-refractivity contribution in [2.24, 2.45) is 4.99 Å². The second kappa shape index (κ2) is 7.14. The molecular weight excluding hydrogens is 314 g/mol. The number of aliphatic imine (C=N–C) groups is 1. The van der Waals surface area contributed by atoms with E-state index in [2.05, 4.69) is 51.0 Å². The van der Waals surface area contributed by atoms with E-state index in [-0.39, 0.29) is 5.91 Å². The van der Waals surface area contributed by atoms with Crippen LogP contribution in [0.25, 0.3) is 0 Å². The topological polar surface area (TPSA) is 68.8 Å². The van der Waals surface area contributed by atoms with Gasteiger partial charge in [-0.3, -0.25) is 14.7 Å². The number of nitrogens with one attached hydrogen (secondary N) is 3. The molecule has 25 heavy (non-hydrogen) atoms. The van der Waals surface area contributed by atoms with Gasteiger partial charge in [0, 0.05) is 50.9 Å². The summed E-state index contributed by atoms with van der Waals surface area (Å²) in [4.78, 5) is 18.5. The van der Waals surface area contributed by atoms with E-state index >= 15 is 0 Å². The number of fused-ring (bicyclic) bond motifs is 1. The molecule has 6 heteroatoms. The highest BCUT2D eigenvalue weighted by atomic mass is 16.1. The molecule has 1 aromatic carbocycles. The molecule has 3 unspecified atom stereocenters. The van der Waals surface area contributed by atoms with Crippen molar-refractivity contribution in [2.75, 3.05) is 38.0 Å². The predicted molar refractivity (Wildman–Crippen MR) is 101 cm³/mol. The third-order valence-corrected chi connectivity index (χ3v) is 5.77. The molecule has 0 spiro atoms. The number of carbonyl (C=O) groups is 1. The first-order chi connectivity index (χ1) is 12.2. The smallest absolute Gasteiger partial charge is 0.221 e. The van der Waals surface area contributed by atoms with Crippen LogP contribution in [0.1, 0.15) is 31.2 Å². The van der Waals surface area contributed by atoms with Crippen molar-refractivity contribution in [2.45, 2.75) is 37.8 Å². The fourth-order valence-corrected chi connectivity index (χ4v) is 4.17. The van der Waals surface area contributed by atoms with E-state index in [0.717, 1.165) is 50.5 Å². The van der Waals surface area contributed by atoms with Gasteiger partial charge in [-0.25, -0.2) is 0 Å². The normalized spacial score (nSPS) is 28.0. The number of nitrogens with zero attached hydrogens (tertiary/aromatic N) is 2. The summed E-state index contributed by atoms with van der Waals surface area (Å²) in [5, 5.41) is 10.0. The van der Waals surface area contributed by atoms with E-state index in [9.17, 15) is 4.79 Å². The Morgan fingerprint density at radius 1 is 1.28 bits per heavy atom. The van der Waals surface area contributed by atoms with Gasteiger partial charge < -0.3 is 16.0 Å². The number of rotatable bonds is 3. The second-order valence-corrected chi connectivity index (χ2v) is 7.31. The molecule has 6 nitrogen and oxygen atoms in total. The lowest BCUT2D eigenvalue weighted by Gasteiger charge is -2.26. The third-order valence-electron chi connectivity index (χ3n) is 5.77. The molecule has 1 amide bonds. The highest BCUT2D eigenvalue weighted by molar-refractivity contribution is 5.80. The quantitative estimate of drug-likeness (QED) is 0.779. The lowest BCUT2D eigenvalue weighted by atomic mass is 9.90. The number of benzene rings is 1. The van der Waals surface area contributed by atoms with Crippen LogP contribution in [0, 0.1) is 0 Å². The summed E-state index contributed by atoms with van der Waals surface area (Å²) in [5.74, 6) is 0.626. The van der Waals surface area contributed by atoms with Crippen LogP contribution in [0.5, 0.6) is 0 Å². The van der Waals surface area contributed by atoms with Crippen molar-refractivity contribution in [1.82, 2.24) is 15.5 Å². The van der Waals surface area contributed by atoms with Gasteiger partial charge in [0.2, 0.25) is 5.91 Å². The Hall–Kier alpha value is -1.92. The van der Waals surface area contributed by atoms with Crippen LogP contribution in [-0.4, -0.2) is 61.8 Å². The lowest BCUT2D eigenvalue weighted by Crippen LogP contribution is -2.39. The molecule has 134 valence electrons. The van der Waals surface area contributed by atoms with Gasteiger partial charge in [0.1, 0.15) is 0 Å². The molecule has 1 aromatic rings. The van der Waals surface area contributed by atoms with Crippen LogP contribution >= 0.6 is 0 Å². The summed E-state index contributed by atoms with van der Waals surface area (Å²) in [5.41, 5.74) is 3.50. The van der Waals surface area contributed by atoms with Crippen molar-refractivity contribution in [1.29, 1.82) is 0 Å². The maximum absolute atomic E-state index is 11.5. The van der Waals surface area contributed by atoms with Crippen LogP contribution in [-0.2, 0) is 4.79 Å². The summed E-state index contributed by atoms with van der Waals surface area (Å²) >= 11 is 0. The summed E-state index contributed by atoms with van der Waals surface area (Å²) in [7, 11) is 0. The molecule has 3 N–H and O–H groups in total. The first kappa shape index (κ1) is 16.5. The Kier molecular flexibility index (Phi) is 4.72. The molecule has 3 aliphatic rings. The molecule has 0 saturated carbocycles. The summed E-state index contributed by atoms with van der Waals surface area (Å²) in [6, 6.07) is 7.41. The minimum Gasteiger partial charge on any atom is -0.378 e. The van der Waals surface area contributed by atoms with Gasteiger partial charge in [0.25, 0.3) is 0 Å². The number of hydrogen-bond donors (Lipinski definition) is 3. The summed E-state index contributed by atoms with van der Waals surface area (Å²) in [6.07, 6.45) is 3.68. The van der Waals surface area contributed by atoms with E-state index in [1.807, 2.05) is 6.21 Å². The van der Waals surface area contributed by atoms with E-state index in [4.69, 9.17) is 0 Å². The summed E-state index contributed by atoms with van der Waals surface area (Å²) < 4.78 is 0. The van der Waals surface area contributed by atoms with Gasteiger partial charge >= 0.3 is 0 Å². The van der Waals surface area contributed by atoms with Gasteiger partial charge in [-0.2, -0.15) is 0 Å². The molecule has 0 radical (unpaired) electrons. The first-order valence-corrected chi connectivity index (χ1v) is 9.35. The Morgan fingerprint density at radius 3 is 3.04 bits per heavy atom. The summed E-state index contributed by atoms with van der Waals surface area (Å²) in [6.45, 7) is 6.95. The van der Waals surface area contributed by atoms with Crippen molar-refractivity contribution in [3.8, 4) is 0 Å². The van der Waals surface area contributed by atoms with E-state index in [0.29, 0.717) is 24.4 Å². The Balaban J connectivity index is 1.42. The van der Waals surface area contributed by atoms with E-state index in [1.54, 1.807) is 0 Å². The lowest BCUT2D eigenvalue weighted by molar-refractivity contribution is -0.119. The van der Waals surface area contributed by atoms with Crippen molar-refractivity contribution in [3.05, 3.63) is 23.8 Å². The largest absolute Gasteiger partial charge is 0.378 e. The van der Waals surface area contributed by atoms with Gasteiger partial charge in [-0.1, -0.05) is 13.0 Å². The molecule has 0 aromatic heterocycles. The van der Waals surface area contributed by atoms with Gasteiger partial charge in [-0.05, 0) is 30.0 Å². The minimum absolute atomic E-state index is 0.190. The highest BCUT2D eigenvalue weighted by Crippen LogP contribution is 2.32. The number of hydrogen-bond acceptors (Lipinski definition) is 5. The second-order valence-electron chi connectivity index (χ2n) is 7.31. The zero-order valence-corrected chi connectivity index (χ0v) is 14.8. The third kappa shape index (κ3) is 3.55. The minimum atomic E-state index is 0.190. The molecule has 0 aliphatic carbocycles. The molecule has 4 rings (SSSR count). The zero-order chi connectivity index (χ0) is 17.2. The molecular formula is C19H27N5O. The Labute approximate surface area is 149 Å². The predicted octanol–water partition coefficient (Wildman–Crippen LogP) is 1.47. The number of anilines is 1. The van der Waals surface area contributed by atoms with Crippen molar-refractivity contribution in [3.63, 3.8) is 0 Å². The average Bonchev–Trinajstić information content (AvgIpc) is 2.93. The fourth-order valence-electron chi connectivity index (χ4n) is 4.17. The van der Waals surface area contributed by atoms with Crippen molar-refractivity contribution >= 4 is 23.5 Å². The molecule has 3 aliphatic heterocycles. The molecule has 2 saturated heterocycles. The van der Waals surface area contributed by atoms with Crippen LogP contribution in [0.3, 0.4) is 0 Å². The maximum Gasteiger partial charge on any atom is 0.221 e. The standard InChI is InChI=1S/C19H27N5O/c1-13(14-2-3-17-18(10-14)21-6-5-20-17)16-4-8-24(9-7-22-16)15-11-19(25)23-12-15/h2-3,6,10,13,15-16,20,22H,4-5,7-9,11-12H2,1H3,(H,23,25). The van der Waals surface area contributed by atoms with Gasteiger partial charge in [0.15, 0.2) is 0 Å². The molecule has 2 fully saturated rings. The number of carbonyl (C=O) groups excluding carboxylic acids is 1. The van der Waals surface area contributed by atoms with E-state index < -0.39 is 0 Å². The SMILES string of the molecule is CC(c1ccc2c(c1)N=CCN2)C1CCN(C2CNC(=O)C2)CCN1. The zero-order valence-electron chi connectivity index (χ0n) is 14.8. The number of amides is 1. The van der Waals surface area contributed by atoms with Gasteiger partial charge in [-0.15, -0.1) is 0 Å². The van der Waals surface area contributed by atoms with Crippen molar-refractivity contribution < 1.29 is 4.79 Å². The fraction of sp³-hybridized carbons (Fsp3) is 0.579. The Morgan fingerprint density at radius 2 is 2.20 bits per heavy atom. The van der Waals surface area contributed by atoms with Gasteiger partial charge in [0.05, 0.1) is 17.9 Å². The molecule has 3 heterocycles. The Bertz CT molecular complexity index is 674. The van der Waals surface area contributed by atoms with E-state index in [1.165, 1.54) is 5.56 Å². The van der Waals surface area contributed by atoms with Crippen LogP contribution in [0.4, 0.5) is 11.4 Å². The maximum atomic E-state index is 11.5. The van der Waals surface area contributed by atoms with Crippen LogP contribution in [0.15, 0.2) is 23.2 Å². The average molecular weight is 341 g/mol. The monoisotopic (exact) mass is 341 g/mol. The molecule has 3 atom stereocenters. The highest BCUT2D eigenvalue weighted by Gasteiger charge is 2.30. The van der Waals surface area contributed by atoms with Crippen LogP contribution in [0.2, 0.25) is 0 Å². The van der Waals surface area contributed by atoms with Crippen LogP contribution < -0.4 is 16.0 Å². The molecule has 0 bridgehead atoms.